The molecular weight excluding hydrogens is 402 g/mol. The fraction of sp³-hybridized carbons (Fsp3) is 0.192. The summed E-state index contributed by atoms with van der Waals surface area (Å²) in [6.45, 7) is 3.97. The zero-order valence-corrected chi connectivity index (χ0v) is 18.1. The normalized spacial score (nSPS) is 11.7. The van der Waals surface area contributed by atoms with E-state index >= 15 is 0 Å². The molecule has 0 saturated heterocycles. The van der Waals surface area contributed by atoms with Crippen molar-refractivity contribution in [3.8, 4) is 28.7 Å². The third-order valence-electron chi connectivity index (χ3n) is 5.15. The van der Waals surface area contributed by atoms with Crippen molar-refractivity contribution in [2.75, 3.05) is 5.32 Å². The maximum Gasteiger partial charge on any atom is 0.265 e. The highest BCUT2D eigenvalue weighted by molar-refractivity contribution is 5.95. The minimum atomic E-state index is -0.669. The number of carbonyl (C=O) groups is 1. The minimum Gasteiger partial charge on any atom is -0.480 e. The van der Waals surface area contributed by atoms with Gasteiger partial charge in [0.25, 0.3) is 11.8 Å². The van der Waals surface area contributed by atoms with E-state index in [0.29, 0.717) is 29.5 Å². The van der Waals surface area contributed by atoms with Gasteiger partial charge in [0.2, 0.25) is 5.89 Å². The lowest BCUT2D eigenvalue weighted by atomic mass is 10.1. The van der Waals surface area contributed by atoms with Gasteiger partial charge in [-0.2, -0.15) is 0 Å². The Kier molecular flexibility index (Phi) is 6.60. The maximum absolute atomic E-state index is 13.0. The molecule has 0 aliphatic heterocycles. The molecule has 0 saturated carbocycles. The molecule has 1 atom stereocenters. The number of anilines is 1. The van der Waals surface area contributed by atoms with Gasteiger partial charge < -0.3 is 14.5 Å². The molecule has 0 fully saturated rings. The monoisotopic (exact) mass is 427 g/mol. The van der Waals surface area contributed by atoms with Crippen molar-refractivity contribution in [1.82, 2.24) is 10.2 Å². The Hall–Kier alpha value is -3.93. The highest BCUT2D eigenvalue weighted by atomic mass is 16.5. The largest absolute Gasteiger partial charge is 0.480 e. The van der Waals surface area contributed by atoms with E-state index in [-0.39, 0.29) is 5.91 Å². The third-order valence-corrected chi connectivity index (χ3v) is 5.15. The Morgan fingerprint density at radius 3 is 2.38 bits per heavy atom. The molecule has 1 amide bonds. The smallest absolute Gasteiger partial charge is 0.265 e. The summed E-state index contributed by atoms with van der Waals surface area (Å²) in [4.78, 5) is 13.0. The van der Waals surface area contributed by atoms with Gasteiger partial charge in [-0.15, -0.1) is 10.2 Å². The summed E-state index contributed by atoms with van der Waals surface area (Å²) in [7, 11) is 0. The van der Waals surface area contributed by atoms with Crippen LogP contribution in [0.3, 0.4) is 0 Å². The molecule has 1 N–H and O–H groups in total. The number of benzene rings is 3. The second-order valence-corrected chi connectivity index (χ2v) is 7.29. The lowest BCUT2D eigenvalue weighted by Crippen LogP contribution is -2.32. The van der Waals surface area contributed by atoms with Crippen molar-refractivity contribution < 1.29 is 13.9 Å². The molecule has 32 heavy (non-hydrogen) atoms. The highest BCUT2D eigenvalue weighted by Crippen LogP contribution is 2.32. The molecule has 0 aliphatic carbocycles. The molecule has 162 valence electrons. The molecule has 6 nitrogen and oxygen atoms in total. The molecule has 0 aliphatic rings. The van der Waals surface area contributed by atoms with Gasteiger partial charge in [0, 0.05) is 11.3 Å². The van der Waals surface area contributed by atoms with Gasteiger partial charge in [0.15, 0.2) is 6.10 Å². The topological polar surface area (TPSA) is 77.2 Å². The lowest BCUT2D eigenvalue weighted by molar-refractivity contribution is -0.122. The van der Waals surface area contributed by atoms with Crippen LogP contribution in [0.25, 0.3) is 22.9 Å². The predicted octanol–water partition coefficient (Wildman–Crippen LogP) is 5.76. The molecule has 3 aromatic carbocycles. The molecule has 1 aromatic heterocycles. The second-order valence-electron chi connectivity index (χ2n) is 7.29. The van der Waals surface area contributed by atoms with Gasteiger partial charge in [-0.3, -0.25) is 4.79 Å². The number of aromatic nitrogens is 2. The number of nitrogens with zero attached hydrogens (tertiary/aromatic N) is 2. The van der Waals surface area contributed by atoms with Crippen LogP contribution in [0.4, 0.5) is 5.69 Å². The van der Waals surface area contributed by atoms with E-state index in [2.05, 4.69) is 22.4 Å². The fourth-order valence-corrected chi connectivity index (χ4v) is 3.41. The average molecular weight is 428 g/mol. The Balaban J connectivity index is 1.56. The number of hydrogen-bond donors (Lipinski definition) is 1. The zero-order valence-electron chi connectivity index (χ0n) is 18.1. The van der Waals surface area contributed by atoms with E-state index in [4.69, 9.17) is 9.15 Å². The highest BCUT2D eigenvalue weighted by Gasteiger charge is 2.22. The molecule has 1 heterocycles. The van der Waals surface area contributed by atoms with E-state index < -0.39 is 6.10 Å². The standard InChI is InChI=1S/C26H25N3O3/c1-3-18-12-8-10-16-21(18)27-24(30)22(4-2)31-23-17-11-9-15-20(23)26-29-28-25(32-26)19-13-6-5-7-14-19/h5-17,22H,3-4H2,1-2H3,(H,27,30). The van der Waals surface area contributed by atoms with E-state index in [0.717, 1.165) is 23.2 Å². The van der Waals surface area contributed by atoms with Crippen molar-refractivity contribution in [3.05, 3.63) is 84.4 Å². The number of nitrogens with one attached hydrogen (secondary N) is 1. The van der Waals surface area contributed by atoms with Crippen LogP contribution in [0.1, 0.15) is 25.8 Å². The quantitative estimate of drug-likeness (QED) is 0.387. The molecule has 6 heteroatoms. The molecule has 4 rings (SSSR count). The first-order valence-electron chi connectivity index (χ1n) is 10.7. The van der Waals surface area contributed by atoms with Crippen LogP contribution < -0.4 is 10.1 Å². The Labute approximate surface area is 187 Å². The number of para-hydroxylation sites is 2. The van der Waals surface area contributed by atoms with Crippen LogP contribution in [-0.2, 0) is 11.2 Å². The molecular formula is C26H25N3O3. The fourth-order valence-electron chi connectivity index (χ4n) is 3.41. The number of amides is 1. The summed E-state index contributed by atoms with van der Waals surface area (Å²) >= 11 is 0. The van der Waals surface area contributed by atoms with Gasteiger partial charge in [0.1, 0.15) is 5.75 Å². The lowest BCUT2D eigenvalue weighted by Gasteiger charge is -2.19. The summed E-state index contributed by atoms with van der Waals surface area (Å²) in [5, 5.41) is 11.4. The van der Waals surface area contributed by atoms with E-state index in [1.807, 2.05) is 79.7 Å². The summed E-state index contributed by atoms with van der Waals surface area (Å²) < 4.78 is 12.0. The molecule has 0 spiro atoms. The Bertz CT molecular complexity index is 1190. The molecule has 0 radical (unpaired) electrons. The predicted molar refractivity (Wildman–Crippen MR) is 124 cm³/mol. The Morgan fingerprint density at radius 1 is 0.906 bits per heavy atom. The summed E-state index contributed by atoms with van der Waals surface area (Å²) in [5.74, 6) is 1.09. The van der Waals surface area contributed by atoms with E-state index in [1.165, 1.54) is 0 Å². The molecule has 0 bridgehead atoms. The first-order chi connectivity index (χ1) is 15.7. The van der Waals surface area contributed by atoms with Crippen LogP contribution in [-0.4, -0.2) is 22.2 Å². The third kappa shape index (κ3) is 4.70. The van der Waals surface area contributed by atoms with E-state index in [1.54, 1.807) is 6.07 Å². The van der Waals surface area contributed by atoms with Crippen LogP contribution in [0.15, 0.2) is 83.3 Å². The SMILES string of the molecule is CCc1ccccc1NC(=O)C(CC)Oc1ccccc1-c1nnc(-c2ccccc2)o1. The molecule has 4 aromatic rings. The first-order valence-corrected chi connectivity index (χ1v) is 10.7. The van der Waals surface area contributed by atoms with Crippen LogP contribution in [0.2, 0.25) is 0 Å². The summed E-state index contributed by atoms with van der Waals surface area (Å²) in [6.07, 6.45) is 0.670. The minimum absolute atomic E-state index is 0.196. The number of aryl methyl sites for hydroxylation is 1. The number of carbonyl (C=O) groups excluding carboxylic acids is 1. The zero-order chi connectivity index (χ0) is 22.3. The van der Waals surface area contributed by atoms with Crippen molar-refractivity contribution >= 4 is 11.6 Å². The first kappa shape index (κ1) is 21.3. The second kappa shape index (κ2) is 9.92. The van der Waals surface area contributed by atoms with Gasteiger partial charge in [0.05, 0.1) is 5.56 Å². The number of ether oxygens (including phenoxy) is 1. The summed E-state index contributed by atoms with van der Waals surface area (Å²) in [6, 6.07) is 24.7. The average Bonchev–Trinajstić information content (AvgIpc) is 3.34. The van der Waals surface area contributed by atoms with Crippen molar-refractivity contribution in [2.24, 2.45) is 0 Å². The van der Waals surface area contributed by atoms with Crippen molar-refractivity contribution in [3.63, 3.8) is 0 Å². The Morgan fingerprint density at radius 2 is 1.59 bits per heavy atom. The van der Waals surface area contributed by atoms with Crippen LogP contribution in [0.5, 0.6) is 5.75 Å². The van der Waals surface area contributed by atoms with Crippen molar-refractivity contribution in [1.29, 1.82) is 0 Å². The van der Waals surface area contributed by atoms with Gasteiger partial charge in [-0.1, -0.05) is 62.4 Å². The maximum atomic E-state index is 13.0. The van der Waals surface area contributed by atoms with Crippen molar-refractivity contribution in [2.45, 2.75) is 32.8 Å². The van der Waals surface area contributed by atoms with Gasteiger partial charge in [-0.25, -0.2) is 0 Å². The van der Waals surface area contributed by atoms with Gasteiger partial charge in [-0.05, 0) is 48.7 Å². The summed E-state index contributed by atoms with van der Waals surface area (Å²) in [5.41, 5.74) is 3.36. The van der Waals surface area contributed by atoms with Crippen LogP contribution in [0, 0.1) is 0 Å². The van der Waals surface area contributed by atoms with E-state index in [9.17, 15) is 4.79 Å². The number of hydrogen-bond acceptors (Lipinski definition) is 5. The molecule has 1 unspecified atom stereocenters. The number of rotatable bonds is 8. The van der Waals surface area contributed by atoms with Crippen LogP contribution >= 0.6 is 0 Å². The van der Waals surface area contributed by atoms with Gasteiger partial charge >= 0.3 is 0 Å².